The van der Waals surface area contributed by atoms with E-state index in [4.69, 9.17) is 9.47 Å². The lowest BCUT2D eigenvalue weighted by Gasteiger charge is -2.22. The van der Waals surface area contributed by atoms with Crippen molar-refractivity contribution < 1.29 is 28.6 Å². The van der Waals surface area contributed by atoms with Gasteiger partial charge in [-0.05, 0) is 66.4 Å². The zero-order valence-electron chi connectivity index (χ0n) is 25.8. The van der Waals surface area contributed by atoms with Crippen molar-refractivity contribution in [3.63, 3.8) is 0 Å². The molecule has 2 heterocycles. The van der Waals surface area contributed by atoms with E-state index < -0.39 is 17.7 Å². The van der Waals surface area contributed by atoms with Crippen molar-refractivity contribution in [3.05, 3.63) is 101 Å². The van der Waals surface area contributed by atoms with Gasteiger partial charge in [0.15, 0.2) is 4.34 Å². The minimum absolute atomic E-state index is 0.0583. The van der Waals surface area contributed by atoms with Crippen LogP contribution < -0.4 is 14.4 Å². The van der Waals surface area contributed by atoms with Crippen LogP contribution in [0.3, 0.4) is 0 Å². The Morgan fingerprint density at radius 1 is 0.891 bits per heavy atom. The SMILES string of the molecule is CCCCCOc1ccc(C2/C(=C(\O)c3ccc(OCCCC)cc3)C(=O)C(=O)N2c2nnc(SCc3ccccc3F)s2)cc1. The van der Waals surface area contributed by atoms with Crippen LogP contribution in [-0.2, 0) is 15.3 Å². The molecule has 1 amide bonds. The van der Waals surface area contributed by atoms with Gasteiger partial charge in [0.2, 0.25) is 5.13 Å². The van der Waals surface area contributed by atoms with E-state index in [1.165, 1.54) is 22.7 Å². The highest BCUT2D eigenvalue weighted by atomic mass is 32.2. The summed E-state index contributed by atoms with van der Waals surface area (Å²) in [5, 5.41) is 20.2. The summed E-state index contributed by atoms with van der Waals surface area (Å²) in [6.07, 6.45) is 5.02. The highest BCUT2D eigenvalue weighted by Gasteiger charge is 2.48. The van der Waals surface area contributed by atoms with Crippen LogP contribution in [0.2, 0.25) is 0 Å². The molecule has 46 heavy (non-hydrogen) atoms. The molecular formula is C35H36FN3O5S2. The Hall–Kier alpha value is -4.22. The minimum Gasteiger partial charge on any atom is -0.507 e. The summed E-state index contributed by atoms with van der Waals surface area (Å²) in [7, 11) is 0. The number of amides is 1. The maximum atomic E-state index is 14.2. The van der Waals surface area contributed by atoms with E-state index in [0.29, 0.717) is 51.5 Å². The standard InChI is InChI=1S/C35H36FN3O5S2/c1-3-5-9-21-44-26-16-12-23(13-17-26)30-29(31(40)24-14-18-27(19-15-24)43-20-6-4-2)32(41)33(42)39(30)34-37-38-35(46-34)45-22-25-10-7-8-11-28(25)36/h7-8,10-19,30,40H,3-6,9,20-22H2,1-2H3/b31-29+. The van der Waals surface area contributed by atoms with Gasteiger partial charge >= 0.3 is 5.91 Å². The first-order chi connectivity index (χ1) is 22.4. The van der Waals surface area contributed by atoms with E-state index in [-0.39, 0.29) is 22.3 Å². The summed E-state index contributed by atoms with van der Waals surface area (Å²) in [5.41, 5.74) is 1.43. The summed E-state index contributed by atoms with van der Waals surface area (Å²) in [6.45, 7) is 5.37. The maximum absolute atomic E-state index is 14.2. The summed E-state index contributed by atoms with van der Waals surface area (Å²) in [5.74, 6) is -0.645. The lowest BCUT2D eigenvalue weighted by atomic mass is 9.95. The maximum Gasteiger partial charge on any atom is 0.301 e. The Bertz CT molecular complexity index is 1670. The first-order valence-electron chi connectivity index (χ1n) is 15.4. The molecule has 11 heteroatoms. The number of ether oxygens (including phenoxy) is 2. The largest absolute Gasteiger partial charge is 0.507 e. The molecule has 1 aliphatic rings. The smallest absolute Gasteiger partial charge is 0.301 e. The molecule has 3 aromatic carbocycles. The normalized spacial score (nSPS) is 15.8. The average molecular weight is 662 g/mol. The molecule has 1 aromatic heterocycles. The Kier molecular flexibility index (Phi) is 11.4. The Morgan fingerprint density at radius 2 is 1.54 bits per heavy atom. The zero-order valence-corrected chi connectivity index (χ0v) is 27.4. The van der Waals surface area contributed by atoms with Crippen molar-refractivity contribution >= 4 is 45.7 Å². The summed E-state index contributed by atoms with van der Waals surface area (Å²) in [6, 6.07) is 19.5. The molecule has 1 N–H and O–H groups in total. The molecule has 240 valence electrons. The predicted octanol–water partition coefficient (Wildman–Crippen LogP) is 8.34. The lowest BCUT2D eigenvalue weighted by molar-refractivity contribution is -0.132. The fourth-order valence-corrected chi connectivity index (χ4v) is 6.80. The molecule has 0 saturated carbocycles. The third kappa shape index (κ3) is 7.76. The van der Waals surface area contributed by atoms with Gasteiger partial charge in [0.05, 0.1) is 24.8 Å². The van der Waals surface area contributed by atoms with Crippen LogP contribution in [0.25, 0.3) is 5.76 Å². The highest BCUT2D eigenvalue weighted by Crippen LogP contribution is 2.44. The number of carbonyl (C=O) groups excluding carboxylic acids is 2. The molecule has 1 unspecified atom stereocenters. The first-order valence-corrected chi connectivity index (χ1v) is 17.2. The molecule has 0 spiro atoms. The van der Waals surface area contributed by atoms with Gasteiger partial charge < -0.3 is 14.6 Å². The van der Waals surface area contributed by atoms with Crippen LogP contribution in [0.4, 0.5) is 9.52 Å². The third-order valence-corrected chi connectivity index (χ3v) is 9.57. The number of halogens is 1. The van der Waals surface area contributed by atoms with Gasteiger partial charge in [-0.15, -0.1) is 10.2 Å². The number of hydrogen-bond donors (Lipinski definition) is 1. The molecule has 0 radical (unpaired) electrons. The van der Waals surface area contributed by atoms with Crippen LogP contribution in [0.5, 0.6) is 11.5 Å². The molecule has 0 aliphatic carbocycles. The van der Waals surface area contributed by atoms with Crippen LogP contribution in [0.1, 0.15) is 68.7 Å². The van der Waals surface area contributed by atoms with E-state index in [1.807, 2.05) is 0 Å². The summed E-state index contributed by atoms with van der Waals surface area (Å²) >= 11 is 2.41. The van der Waals surface area contributed by atoms with E-state index in [1.54, 1.807) is 66.7 Å². The molecule has 1 fully saturated rings. The second-order valence-corrected chi connectivity index (χ2v) is 12.9. The minimum atomic E-state index is -0.966. The number of ketones is 1. The number of hydrogen-bond acceptors (Lipinski definition) is 9. The number of Topliss-reactive ketones (excluding diaryl/α,β-unsaturated/α-hetero) is 1. The van der Waals surface area contributed by atoms with Crippen LogP contribution in [0, 0.1) is 5.82 Å². The lowest BCUT2D eigenvalue weighted by Crippen LogP contribution is -2.29. The van der Waals surface area contributed by atoms with E-state index in [9.17, 15) is 19.1 Å². The first kappa shape index (κ1) is 33.2. The molecule has 1 aliphatic heterocycles. The van der Waals surface area contributed by atoms with Crippen molar-refractivity contribution in [2.45, 2.75) is 62.1 Å². The Labute approximate surface area is 276 Å². The third-order valence-electron chi connectivity index (χ3n) is 7.46. The fourth-order valence-electron chi connectivity index (χ4n) is 4.95. The number of anilines is 1. The topological polar surface area (TPSA) is 102 Å². The van der Waals surface area contributed by atoms with Gasteiger partial charge in [-0.3, -0.25) is 14.5 Å². The number of aromatic nitrogens is 2. The van der Waals surface area contributed by atoms with Gasteiger partial charge in [-0.25, -0.2) is 4.39 Å². The number of aliphatic hydroxyl groups excluding tert-OH is 1. The Balaban J connectivity index is 1.47. The van der Waals surface area contributed by atoms with Crippen LogP contribution >= 0.6 is 23.1 Å². The second-order valence-electron chi connectivity index (χ2n) is 10.8. The highest BCUT2D eigenvalue weighted by molar-refractivity contribution is 8.00. The number of carbonyl (C=O) groups is 2. The summed E-state index contributed by atoms with van der Waals surface area (Å²) < 4.78 is 26.3. The second kappa shape index (κ2) is 15.9. The van der Waals surface area contributed by atoms with E-state index in [0.717, 1.165) is 43.4 Å². The molecule has 0 bridgehead atoms. The van der Waals surface area contributed by atoms with Crippen LogP contribution in [0.15, 0.2) is 82.7 Å². The van der Waals surface area contributed by atoms with Crippen molar-refractivity contribution in [2.24, 2.45) is 0 Å². The zero-order chi connectivity index (χ0) is 32.5. The number of benzene rings is 3. The predicted molar refractivity (Wildman–Crippen MR) is 179 cm³/mol. The molecule has 4 aromatic rings. The molecule has 5 rings (SSSR count). The summed E-state index contributed by atoms with van der Waals surface area (Å²) in [4.78, 5) is 28.5. The van der Waals surface area contributed by atoms with Gasteiger partial charge in [0, 0.05) is 11.3 Å². The Morgan fingerprint density at radius 3 is 2.22 bits per heavy atom. The molecule has 8 nitrogen and oxygen atoms in total. The molecule has 1 atom stereocenters. The number of rotatable bonds is 15. The molecular weight excluding hydrogens is 626 g/mol. The number of thioether (sulfide) groups is 1. The number of nitrogens with zero attached hydrogens (tertiary/aromatic N) is 3. The average Bonchev–Trinajstić information content (AvgIpc) is 3.64. The van der Waals surface area contributed by atoms with E-state index in [2.05, 4.69) is 24.0 Å². The van der Waals surface area contributed by atoms with Crippen molar-refractivity contribution in [1.82, 2.24) is 10.2 Å². The van der Waals surface area contributed by atoms with Gasteiger partial charge in [-0.1, -0.05) is 86.5 Å². The van der Waals surface area contributed by atoms with Gasteiger partial charge in [0.25, 0.3) is 5.78 Å². The quantitative estimate of drug-likeness (QED) is 0.0339. The van der Waals surface area contributed by atoms with Gasteiger partial charge in [-0.2, -0.15) is 0 Å². The number of aliphatic hydroxyl groups is 1. The number of unbranched alkanes of at least 4 members (excludes halogenated alkanes) is 3. The van der Waals surface area contributed by atoms with E-state index >= 15 is 0 Å². The molecule has 1 saturated heterocycles. The fraction of sp³-hybridized carbons (Fsp3) is 0.314. The van der Waals surface area contributed by atoms with Crippen molar-refractivity contribution in [3.8, 4) is 11.5 Å². The van der Waals surface area contributed by atoms with Crippen molar-refractivity contribution in [2.75, 3.05) is 18.1 Å². The monoisotopic (exact) mass is 661 g/mol. The van der Waals surface area contributed by atoms with Gasteiger partial charge in [0.1, 0.15) is 23.1 Å². The van der Waals surface area contributed by atoms with Crippen molar-refractivity contribution in [1.29, 1.82) is 0 Å². The van der Waals surface area contributed by atoms with Crippen LogP contribution in [-0.4, -0.2) is 40.2 Å².